The first-order chi connectivity index (χ1) is 8.15. The van der Waals surface area contributed by atoms with Crippen LogP contribution in [0.15, 0.2) is 6.20 Å². The predicted molar refractivity (Wildman–Crippen MR) is 58.1 cm³/mol. The van der Waals surface area contributed by atoms with Crippen LogP contribution >= 0.6 is 0 Å². The van der Waals surface area contributed by atoms with Crippen LogP contribution in [0.1, 0.15) is 24.1 Å². The average Bonchev–Trinajstić information content (AvgIpc) is 3.09. The fourth-order valence-electron chi connectivity index (χ4n) is 1.39. The normalized spacial score (nSPS) is 15.3. The minimum atomic E-state index is -2.50. The summed E-state index contributed by atoms with van der Waals surface area (Å²) in [7, 11) is 0. The van der Waals surface area contributed by atoms with E-state index in [1.807, 2.05) is 6.92 Å². The minimum absolute atomic E-state index is 0.0120. The summed E-state index contributed by atoms with van der Waals surface area (Å²) in [5.41, 5.74) is 1.73. The summed E-state index contributed by atoms with van der Waals surface area (Å²) in [4.78, 5) is 7.94. The zero-order valence-corrected chi connectivity index (χ0v) is 9.62. The van der Waals surface area contributed by atoms with Crippen LogP contribution in [-0.2, 0) is 6.54 Å². The van der Waals surface area contributed by atoms with Gasteiger partial charge in [0.1, 0.15) is 0 Å². The Bertz CT molecular complexity index is 383. The molecule has 1 aromatic rings. The molecule has 0 bridgehead atoms. The summed E-state index contributed by atoms with van der Waals surface area (Å²) in [6.07, 6.45) is 1.55. The van der Waals surface area contributed by atoms with E-state index >= 15 is 0 Å². The second-order valence-corrected chi connectivity index (χ2v) is 4.12. The number of hydrogen-bond donors (Lipinski definition) is 1. The molecule has 1 aliphatic carbocycles. The third kappa shape index (κ3) is 3.89. The molecular formula is C11H15F2N3O. The molecule has 4 nitrogen and oxygen atoms in total. The molecule has 0 atom stereocenters. The molecule has 1 aliphatic rings. The van der Waals surface area contributed by atoms with Gasteiger partial charge < -0.3 is 10.1 Å². The maximum Gasteiger partial charge on any atom is 0.316 e. The molecule has 1 aromatic heterocycles. The molecule has 0 saturated heterocycles. The third-order valence-corrected chi connectivity index (χ3v) is 2.56. The number of hydrogen-bond acceptors (Lipinski definition) is 4. The second-order valence-electron chi connectivity index (χ2n) is 4.12. The number of aromatic nitrogens is 2. The van der Waals surface area contributed by atoms with Crippen molar-refractivity contribution in [1.29, 1.82) is 0 Å². The molecule has 1 N–H and O–H groups in total. The topological polar surface area (TPSA) is 47.0 Å². The maximum atomic E-state index is 11.9. The molecule has 1 heterocycles. The van der Waals surface area contributed by atoms with Crippen molar-refractivity contribution in [2.24, 2.45) is 0 Å². The van der Waals surface area contributed by atoms with Crippen LogP contribution in [0.2, 0.25) is 0 Å². The highest BCUT2D eigenvalue weighted by molar-refractivity contribution is 5.17. The van der Waals surface area contributed by atoms with Gasteiger partial charge in [0.25, 0.3) is 6.43 Å². The molecule has 0 aliphatic heterocycles. The Labute approximate surface area is 98.4 Å². The largest absolute Gasteiger partial charge is 0.457 e. The van der Waals surface area contributed by atoms with E-state index in [0.29, 0.717) is 12.6 Å². The molecule has 94 valence electrons. The summed E-state index contributed by atoms with van der Waals surface area (Å²) in [6.45, 7) is 1.87. The van der Waals surface area contributed by atoms with E-state index in [-0.39, 0.29) is 6.01 Å². The van der Waals surface area contributed by atoms with Crippen LogP contribution in [-0.4, -0.2) is 29.0 Å². The number of ether oxygens (including phenoxy) is 1. The molecular weight excluding hydrogens is 228 g/mol. The maximum absolute atomic E-state index is 11.9. The number of rotatable bonds is 6. The SMILES string of the molecule is Cc1nc(OCC(F)F)ncc1CNC1CC1. The summed E-state index contributed by atoms with van der Waals surface area (Å²) in [5.74, 6) is 0. The quantitative estimate of drug-likeness (QED) is 0.825. The van der Waals surface area contributed by atoms with Gasteiger partial charge in [-0.15, -0.1) is 0 Å². The molecule has 0 amide bonds. The Balaban J connectivity index is 1.90. The van der Waals surface area contributed by atoms with Gasteiger partial charge in [0, 0.05) is 30.0 Å². The van der Waals surface area contributed by atoms with Crippen LogP contribution in [0.5, 0.6) is 6.01 Å². The summed E-state index contributed by atoms with van der Waals surface area (Å²) in [5, 5.41) is 3.34. The van der Waals surface area contributed by atoms with Gasteiger partial charge in [-0.1, -0.05) is 0 Å². The van der Waals surface area contributed by atoms with Crippen molar-refractivity contribution < 1.29 is 13.5 Å². The molecule has 2 rings (SSSR count). The van der Waals surface area contributed by atoms with E-state index in [1.165, 1.54) is 12.8 Å². The van der Waals surface area contributed by atoms with Crippen LogP contribution < -0.4 is 10.1 Å². The van der Waals surface area contributed by atoms with Crippen LogP contribution in [0, 0.1) is 6.92 Å². The molecule has 17 heavy (non-hydrogen) atoms. The Morgan fingerprint density at radius 1 is 1.53 bits per heavy atom. The van der Waals surface area contributed by atoms with E-state index in [9.17, 15) is 8.78 Å². The lowest BCUT2D eigenvalue weighted by Crippen LogP contribution is -2.17. The van der Waals surface area contributed by atoms with Gasteiger partial charge in [0.15, 0.2) is 6.61 Å². The van der Waals surface area contributed by atoms with E-state index in [1.54, 1.807) is 6.20 Å². The number of nitrogens with zero attached hydrogens (tertiary/aromatic N) is 2. The van der Waals surface area contributed by atoms with Gasteiger partial charge in [-0.05, 0) is 19.8 Å². The van der Waals surface area contributed by atoms with Gasteiger partial charge in [-0.25, -0.2) is 18.7 Å². The van der Waals surface area contributed by atoms with Crippen molar-refractivity contribution in [3.05, 3.63) is 17.5 Å². The van der Waals surface area contributed by atoms with Crippen molar-refractivity contribution in [3.63, 3.8) is 0 Å². The van der Waals surface area contributed by atoms with Crippen LogP contribution in [0.4, 0.5) is 8.78 Å². The van der Waals surface area contributed by atoms with Gasteiger partial charge in [-0.2, -0.15) is 0 Å². The minimum Gasteiger partial charge on any atom is -0.457 e. The Morgan fingerprint density at radius 3 is 2.88 bits per heavy atom. The summed E-state index contributed by atoms with van der Waals surface area (Å²) >= 11 is 0. The zero-order valence-electron chi connectivity index (χ0n) is 9.62. The Morgan fingerprint density at radius 2 is 2.29 bits per heavy atom. The summed E-state index contributed by atoms with van der Waals surface area (Å²) in [6, 6.07) is 0.627. The fraction of sp³-hybridized carbons (Fsp3) is 0.636. The van der Waals surface area contributed by atoms with Gasteiger partial charge in [0.05, 0.1) is 0 Å². The summed E-state index contributed by atoms with van der Waals surface area (Å²) < 4.78 is 28.6. The number of aryl methyl sites for hydroxylation is 1. The monoisotopic (exact) mass is 243 g/mol. The highest BCUT2D eigenvalue weighted by Gasteiger charge is 2.20. The number of nitrogens with one attached hydrogen (secondary N) is 1. The molecule has 1 fully saturated rings. The van der Waals surface area contributed by atoms with E-state index in [2.05, 4.69) is 15.3 Å². The Kier molecular flexibility index (Phi) is 3.83. The van der Waals surface area contributed by atoms with E-state index in [4.69, 9.17) is 4.74 Å². The van der Waals surface area contributed by atoms with Crippen LogP contribution in [0.3, 0.4) is 0 Å². The molecule has 0 unspecified atom stereocenters. The third-order valence-electron chi connectivity index (χ3n) is 2.56. The van der Waals surface area contributed by atoms with Gasteiger partial charge in [-0.3, -0.25) is 0 Å². The van der Waals surface area contributed by atoms with Crippen molar-refractivity contribution in [1.82, 2.24) is 15.3 Å². The molecule has 0 aromatic carbocycles. The lowest BCUT2D eigenvalue weighted by atomic mass is 10.2. The standard InChI is InChI=1S/C11H15F2N3O/c1-7-8(4-14-9-2-3-9)5-15-11(16-7)17-6-10(12)13/h5,9-10,14H,2-4,6H2,1H3. The number of alkyl halides is 2. The smallest absolute Gasteiger partial charge is 0.316 e. The molecule has 0 spiro atoms. The van der Waals surface area contributed by atoms with Crippen molar-refractivity contribution in [2.75, 3.05) is 6.61 Å². The molecule has 1 saturated carbocycles. The van der Waals surface area contributed by atoms with Crippen molar-refractivity contribution in [3.8, 4) is 6.01 Å². The van der Waals surface area contributed by atoms with Gasteiger partial charge >= 0.3 is 6.01 Å². The predicted octanol–water partition coefficient (Wildman–Crippen LogP) is 1.68. The lowest BCUT2D eigenvalue weighted by molar-refractivity contribution is 0.0769. The zero-order chi connectivity index (χ0) is 12.3. The molecule has 6 heteroatoms. The van der Waals surface area contributed by atoms with E-state index < -0.39 is 13.0 Å². The first-order valence-electron chi connectivity index (χ1n) is 5.62. The molecule has 0 radical (unpaired) electrons. The fourth-order valence-corrected chi connectivity index (χ4v) is 1.39. The van der Waals surface area contributed by atoms with Crippen molar-refractivity contribution in [2.45, 2.75) is 38.8 Å². The van der Waals surface area contributed by atoms with Gasteiger partial charge in [0.2, 0.25) is 0 Å². The van der Waals surface area contributed by atoms with E-state index in [0.717, 1.165) is 11.3 Å². The first kappa shape index (κ1) is 12.2. The number of halogens is 2. The average molecular weight is 243 g/mol. The highest BCUT2D eigenvalue weighted by Crippen LogP contribution is 2.19. The van der Waals surface area contributed by atoms with Crippen LogP contribution in [0.25, 0.3) is 0 Å². The lowest BCUT2D eigenvalue weighted by Gasteiger charge is -2.08. The highest BCUT2D eigenvalue weighted by atomic mass is 19.3. The first-order valence-corrected chi connectivity index (χ1v) is 5.62. The second kappa shape index (κ2) is 5.35. The van der Waals surface area contributed by atoms with Crippen molar-refractivity contribution >= 4 is 0 Å². The Hall–Kier alpha value is -1.30.